The molecule has 2 N–H and O–H groups in total. The van der Waals surface area contributed by atoms with E-state index in [0.717, 1.165) is 35.3 Å². The van der Waals surface area contributed by atoms with Crippen LogP contribution in [0.5, 0.6) is 5.06 Å². The van der Waals surface area contributed by atoms with Gasteiger partial charge in [-0.05, 0) is 71.6 Å². The van der Waals surface area contributed by atoms with Crippen LogP contribution in [0.1, 0.15) is 35.2 Å². The lowest BCUT2D eigenvalue weighted by molar-refractivity contribution is -0.122. The van der Waals surface area contributed by atoms with Crippen LogP contribution in [0.25, 0.3) is 0 Å². The van der Waals surface area contributed by atoms with Crippen LogP contribution in [0.4, 0.5) is 10.5 Å². The van der Waals surface area contributed by atoms with E-state index in [2.05, 4.69) is 26.6 Å². The number of hydrogen-bond donors (Lipinski definition) is 2. The molecule has 0 radical (unpaired) electrons. The summed E-state index contributed by atoms with van der Waals surface area (Å²) in [5.74, 6) is -0.375. The average molecular weight is 522 g/mol. The SMILES string of the molecule is Cc1cc(NC(=O)C2(NC(=O)Oc3ccc(Br)s3)CCOC2)ccc1C(=O)N1CCCC1. The molecular weight excluding hydrogens is 498 g/mol. The van der Waals surface area contributed by atoms with Gasteiger partial charge in [-0.2, -0.15) is 0 Å². The van der Waals surface area contributed by atoms with Crippen molar-refractivity contribution in [3.8, 4) is 5.06 Å². The van der Waals surface area contributed by atoms with Crippen LogP contribution < -0.4 is 15.4 Å². The van der Waals surface area contributed by atoms with Gasteiger partial charge in [-0.1, -0.05) is 11.3 Å². The molecule has 1 aromatic carbocycles. The van der Waals surface area contributed by atoms with Gasteiger partial charge in [0.15, 0.2) is 5.06 Å². The lowest BCUT2D eigenvalue weighted by Gasteiger charge is -2.27. The summed E-state index contributed by atoms with van der Waals surface area (Å²) in [4.78, 5) is 40.1. The minimum atomic E-state index is -1.23. The Labute approximate surface area is 198 Å². The molecule has 8 nitrogen and oxygen atoms in total. The maximum atomic E-state index is 13.1. The summed E-state index contributed by atoms with van der Waals surface area (Å²) in [6, 6.07) is 8.65. The van der Waals surface area contributed by atoms with Gasteiger partial charge in [-0.3, -0.25) is 9.59 Å². The van der Waals surface area contributed by atoms with Crippen molar-refractivity contribution < 1.29 is 23.9 Å². The van der Waals surface area contributed by atoms with Crippen molar-refractivity contribution in [3.63, 3.8) is 0 Å². The Balaban J connectivity index is 1.44. The lowest BCUT2D eigenvalue weighted by atomic mass is 9.97. The molecule has 0 aliphatic carbocycles. The number of nitrogens with zero attached hydrogens (tertiary/aromatic N) is 1. The third-order valence-corrected chi connectivity index (χ3v) is 7.15. The first-order valence-corrected chi connectivity index (χ1v) is 12.0. The van der Waals surface area contributed by atoms with E-state index in [0.29, 0.717) is 29.3 Å². The van der Waals surface area contributed by atoms with E-state index in [9.17, 15) is 14.4 Å². The molecule has 0 saturated carbocycles. The second-order valence-corrected chi connectivity index (χ2v) is 10.4. The monoisotopic (exact) mass is 521 g/mol. The first kappa shape index (κ1) is 22.8. The summed E-state index contributed by atoms with van der Waals surface area (Å²) in [7, 11) is 0. The average Bonchev–Trinajstić information content (AvgIpc) is 3.51. The molecule has 3 heterocycles. The van der Waals surface area contributed by atoms with Crippen LogP contribution in [0.15, 0.2) is 34.1 Å². The standard InChI is InChI=1S/C22H24BrN3O5S/c1-14-12-15(4-5-16(14)19(27)26-9-2-3-10-26)24-20(28)22(8-11-30-13-22)25-21(29)31-18-7-6-17(23)32-18/h4-7,12H,2-3,8-11,13H2,1H3,(H,24,28)(H,25,29). The number of aryl methyl sites for hydroxylation is 1. The number of halogens is 1. The van der Waals surface area contributed by atoms with Gasteiger partial charge in [0.2, 0.25) is 0 Å². The van der Waals surface area contributed by atoms with Crippen LogP contribution in [-0.4, -0.2) is 54.6 Å². The van der Waals surface area contributed by atoms with Gasteiger partial charge < -0.3 is 25.0 Å². The number of nitrogens with one attached hydrogen (secondary N) is 2. The Hall–Kier alpha value is -2.43. The molecule has 170 valence electrons. The number of amides is 3. The molecule has 3 amide bonds. The van der Waals surface area contributed by atoms with E-state index in [-0.39, 0.29) is 12.5 Å². The highest BCUT2D eigenvalue weighted by Crippen LogP contribution is 2.29. The zero-order valence-electron chi connectivity index (χ0n) is 17.6. The van der Waals surface area contributed by atoms with Gasteiger partial charge in [-0.25, -0.2) is 4.79 Å². The predicted octanol–water partition coefficient (Wildman–Crippen LogP) is 3.94. The van der Waals surface area contributed by atoms with Crippen LogP contribution in [-0.2, 0) is 9.53 Å². The molecule has 10 heteroatoms. The number of anilines is 1. The molecule has 0 spiro atoms. The fourth-order valence-corrected chi connectivity index (χ4v) is 5.08. The van der Waals surface area contributed by atoms with Gasteiger partial charge in [0.05, 0.1) is 10.4 Å². The van der Waals surface area contributed by atoms with E-state index in [1.807, 2.05) is 11.8 Å². The predicted molar refractivity (Wildman–Crippen MR) is 124 cm³/mol. The second-order valence-electron chi connectivity index (χ2n) is 7.94. The fourth-order valence-electron chi connectivity index (χ4n) is 3.89. The van der Waals surface area contributed by atoms with Gasteiger partial charge >= 0.3 is 6.09 Å². The maximum Gasteiger partial charge on any atom is 0.414 e. The highest BCUT2D eigenvalue weighted by atomic mass is 79.9. The number of carbonyl (C=O) groups is 3. The maximum absolute atomic E-state index is 13.1. The Kier molecular flexibility index (Phi) is 6.82. The summed E-state index contributed by atoms with van der Waals surface area (Å²) in [5, 5.41) is 5.95. The smallest absolute Gasteiger partial charge is 0.399 e. The van der Waals surface area contributed by atoms with E-state index < -0.39 is 17.5 Å². The Morgan fingerprint density at radius 1 is 1.19 bits per heavy atom. The van der Waals surface area contributed by atoms with E-state index in [4.69, 9.17) is 9.47 Å². The highest BCUT2D eigenvalue weighted by molar-refractivity contribution is 9.11. The van der Waals surface area contributed by atoms with Crippen LogP contribution >= 0.6 is 27.3 Å². The van der Waals surface area contributed by atoms with Crippen LogP contribution in [0.2, 0.25) is 0 Å². The van der Waals surface area contributed by atoms with Crippen molar-refractivity contribution in [1.82, 2.24) is 10.2 Å². The number of rotatable bonds is 5. The van der Waals surface area contributed by atoms with E-state index >= 15 is 0 Å². The molecule has 1 unspecified atom stereocenters. The number of carbonyl (C=O) groups excluding carboxylic acids is 3. The van der Waals surface area contributed by atoms with Crippen molar-refractivity contribution in [3.05, 3.63) is 45.2 Å². The molecule has 2 saturated heterocycles. The molecule has 1 atom stereocenters. The zero-order valence-corrected chi connectivity index (χ0v) is 20.0. The van der Waals surface area contributed by atoms with E-state index in [1.165, 1.54) is 11.3 Å². The molecule has 1 aromatic heterocycles. The van der Waals surface area contributed by atoms with Gasteiger partial charge in [0, 0.05) is 37.4 Å². The lowest BCUT2D eigenvalue weighted by Crippen LogP contribution is -2.58. The zero-order chi connectivity index (χ0) is 22.7. The molecule has 32 heavy (non-hydrogen) atoms. The number of likely N-dealkylation sites (tertiary alicyclic amines) is 1. The first-order chi connectivity index (χ1) is 15.4. The molecule has 4 rings (SSSR count). The Morgan fingerprint density at radius 2 is 1.97 bits per heavy atom. The van der Waals surface area contributed by atoms with Gasteiger partial charge in [0.25, 0.3) is 11.8 Å². The van der Waals surface area contributed by atoms with Crippen molar-refractivity contribution in [1.29, 1.82) is 0 Å². The summed E-state index contributed by atoms with van der Waals surface area (Å²) in [5.41, 5.74) is 0.734. The van der Waals surface area contributed by atoms with Crippen molar-refractivity contribution >= 4 is 50.9 Å². The number of ether oxygens (including phenoxy) is 2. The van der Waals surface area contributed by atoms with E-state index in [1.54, 1.807) is 30.3 Å². The minimum absolute atomic E-state index is 0.0168. The summed E-state index contributed by atoms with van der Waals surface area (Å²) >= 11 is 4.59. The fraction of sp³-hybridized carbons (Fsp3) is 0.409. The quantitative estimate of drug-likeness (QED) is 0.620. The molecule has 2 aliphatic rings. The Morgan fingerprint density at radius 3 is 2.59 bits per heavy atom. The summed E-state index contributed by atoms with van der Waals surface area (Å²) < 4.78 is 11.5. The number of hydrogen-bond acceptors (Lipinski definition) is 6. The van der Waals surface area contributed by atoms with Crippen LogP contribution in [0.3, 0.4) is 0 Å². The Bertz CT molecular complexity index is 1030. The van der Waals surface area contributed by atoms with Gasteiger partial charge in [0.1, 0.15) is 5.54 Å². The molecule has 2 aliphatic heterocycles. The molecule has 0 bridgehead atoms. The summed E-state index contributed by atoms with van der Waals surface area (Å²) in [6.07, 6.45) is 1.67. The van der Waals surface area contributed by atoms with Crippen molar-refractivity contribution in [2.24, 2.45) is 0 Å². The third kappa shape index (κ3) is 4.97. The topological polar surface area (TPSA) is 97.0 Å². The largest absolute Gasteiger partial charge is 0.414 e. The van der Waals surface area contributed by atoms with Crippen LogP contribution in [0, 0.1) is 6.92 Å². The molecule has 2 aromatic rings. The summed E-state index contributed by atoms with van der Waals surface area (Å²) in [6.45, 7) is 3.81. The minimum Gasteiger partial charge on any atom is -0.399 e. The second kappa shape index (κ2) is 9.60. The third-order valence-electron chi connectivity index (χ3n) is 5.65. The number of thiophene rings is 1. The first-order valence-electron chi connectivity index (χ1n) is 10.4. The molecular formula is C22H24BrN3O5S. The molecule has 2 fully saturated rings. The highest BCUT2D eigenvalue weighted by Gasteiger charge is 2.44. The normalized spacial score (nSPS) is 20.2. The number of benzene rings is 1. The van der Waals surface area contributed by atoms with Crippen molar-refractivity contribution in [2.75, 3.05) is 31.6 Å². The van der Waals surface area contributed by atoms with Gasteiger partial charge in [-0.15, -0.1) is 0 Å². The van der Waals surface area contributed by atoms with Crippen molar-refractivity contribution in [2.45, 2.75) is 31.7 Å².